The third-order valence-corrected chi connectivity index (χ3v) is 8.41. The lowest BCUT2D eigenvalue weighted by atomic mass is 9.85. The summed E-state index contributed by atoms with van der Waals surface area (Å²) in [5.41, 5.74) is 10.5. The molecule has 9 heteroatoms. The van der Waals surface area contributed by atoms with Crippen LogP contribution in [0.2, 0.25) is 0 Å². The molecule has 0 radical (unpaired) electrons. The van der Waals surface area contributed by atoms with Gasteiger partial charge in [-0.3, -0.25) is 5.10 Å². The Morgan fingerprint density at radius 2 is 2.05 bits per heavy atom. The van der Waals surface area contributed by atoms with Gasteiger partial charge in [-0.1, -0.05) is 6.07 Å². The van der Waals surface area contributed by atoms with Gasteiger partial charge in [0.25, 0.3) is 0 Å². The SMILES string of the molecule is CN1CCN2c3ccc(-c4n[nH]c5cc(C#N)c(-c6c(F)cc7c(c6F)CC(N)CC7)cc45)cc3OCC2C1. The van der Waals surface area contributed by atoms with E-state index in [1.165, 1.54) is 6.07 Å². The number of hydrogen-bond donors (Lipinski definition) is 2. The highest BCUT2D eigenvalue weighted by atomic mass is 19.1. The number of benzene rings is 3. The molecule has 7 nitrogen and oxygen atoms in total. The largest absolute Gasteiger partial charge is 0.489 e. The molecule has 0 saturated carbocycles. The van der Waals surface area contributed by atoms with E-state index in [0.29, 0.717) is 59.6 Å². The van der Waals surface area contributed by atoms with Gasteiger partial charge < -0.3 is 20.3 Å². The molecule has 0 bridgehead atoms. The summed E-state index contributed by atoms with van der Waals surface area (Å²) in [5, 5.41) is 18.1. The lowest BCUT2D eigenvalue weighted by Gasteiger charge is -2.44. The van der Waals surface area contributed by atoms with E-state index in [9.17, 15) is 5.26 Å². The number of aromatic amines is 1. The first-order chi connectivity index (χ1) is 18.9. The standard InChI is InChI=1S/C30H28F2N6O/c1-37-6-7-38-20(14-37)15-39-27-10-17(3-5-26(27)38)30-23-12-21(18(13-33)9-25(23)35-36-30)28-24(31)8-16-2-4-19(34)11-22(16)29(28)32/h3,5,8-10,12,19-20H,2,4,6-7,11,14-15,34H2,1H3,(H,35,36). The van der Waals surface area contributed by atoms with Crippen LogP contribution in [-0.2, 0) is 12.8 Å². The summed E-state index contributed by atoms with van der Waals surface area (Å²) < 4.78 is 37.4. The molecule has 39 heavy (non-hydrogen) atoms. The Hall–Kier alpha value is -4.00. The number of anilines is 1. The number of ether oxygens (including phenoxy) is 1. The number of halogens is 2. The van der Waals surface area contributed by atoms with E-state index in [0.717, 1.165) is 36.6 Å². The van der Waals surface area contributed by atoms with Gasteiger partial charge in [0.15, 0.2) is 0 Å². The van der Waals surface area contributed by atoms with Crippen molar-refractivity contribution < 1.29 is 13.5 Å². The second-order valence-corrected chi connectivity index (χ2v) is 10.9. The van der Waals surface area contributed by atoms with Crippen LogP contribution in [0.25, 0.3) is 33.3 Å². The van der Waals surface area contributed by atoms with Gasteiger partial charge in [-0.05, 0) is 67.8 Å². The van der Waals surface area contributed by atoms with Gasteiger partial charge in [-0.2, -0.15) is 10.4 Å². The summed E-state index contributed by atoms with van der Waals surface area (Å²) in [4.78, 5) is 4.71. The average Bonchev–Trinajstić information content (AvgIpc) is 3.35. The Balaban J connectivity index is 1.34. The van der Waals surface area contributed by atoms with Crippen LogP contribution < -0.4 is 15.4 Å². The maximum Gasteiger partial charge on any atom is 0.143 e. The third-order valence-electron chi connectivity index (χ3n) is 8.41. The molecule has 1 saturated heterocycles. The first-order valence-corrected chi connectivity index (χ1v) is 13.3. The average molecular weight is 527 g/mol. The summed E-state index contributed by atoms with van der Waals surface area (Å²) in [6.07, 6.45) is 1.58. The molecule has 1 fully saturated rings. The van der Waals surface area contributed by atoms with Crippen LogP contribution in [-0.4, -0.2) is 60.5 Å². The first-order valence-electron chi connectivity index (χ1n) is 13.3. The highest BCUT2D eigenvalue weighted by molar-refractivity contribution is 5.98. The Morgan fingerprint density at radius 1 is 1.18 bits per heavy atom. The molecule has 1 aromatic heterocycles. The number of hydrogen-bond acceptors (Lipinski definition) is 6. The van der Waals surface area contributed by atoms with Gasteiger partial charge in [0, 0.05) is 42.2 Å². The van der Waals surface area contributed by atoms with Gasteiger partial charge in [0.2, 0.25) is 0 Å². The number of fused-ring (bicyclic) bond motifs is 5. The van der Waals surface area contributed by atoms with Crippen LogP contribution in [0.4, 0.5) is 14.5 Å². The minimum atomic E-state index is -0.675. The molecular weight excluding hydrogens is 498 g/mol. The van der Waals surface area contributed by atoms with Crippen molar-refractivity contribution in [3.63, 3.8) is 0 Å². The lowest BCUT2D eigenvalue weighted by molar-refractivity contribution is 0.188. The topological polar surface area (TPSA) is 94.2 Å². The number of nitrogens with two attached hydrogens (primary N) is 1. The third kappa shape index (κ3) is 3.86. The number of nitriles is 1. The smallest absolute Gasteiger partial charge is 0.143 e. The maximum atomic E-state index is 15.8. The van der Waals surface area contributed by atoms with Crippen molar-refractivity contribution >= 4 is 16.6 Å². The molecule has 4 aromatic rings. The monoisotopic (exact) mass is 526 g/mol. The number of likely N-dealkylation sites (N-methyl/N-ethyl adjacent to an activating group) is 1. The van der Waals surface area contributed by atoms with Crippen molar-refractivity contribution in [3.05, 3.63) is 64.7 Å². The van der Waals surface area contributed by atoms with Crippen LogP contribution in [0.5, 0.6) is 5.75 Å². The summed E-state index contributed by atoms with van der Waals surface area (Å²) in [6, 6.07) is 13.0. The quantitative estimate of drug-likeness (QED) is 0.403. The molecule has 2 atom stereocenters. The first kappa shape index (κ1) is 24.1. The molecule has 2 aliphatic heterocycles. The number of H-pyrrole nitrogens is 1. The predicted molar refractivity (Wildman–Crippen MR) is 146 cm³/mol. The molecule has 3 aromatic carbocycles. The molecule has 3 N–H and O–H groups in total. The number of nitrogens with one attached hydrogen (secondary N) is 1. The van der Waals surface area contributed by atoms with Gasteiger partial charge in [0.05, 0.1) is 34.4 Å². The number of aromatic nitrogens is 2. The van der Waals surface area contributed by atoms with Crippen molar-refractivity contribution in [3.8, 4) is 34.2 Å². The van der Waals surface area contributed by atoms with E-state index in [4.69, 9.17) is 10.5 Å². The van der Waals surface area contributed by atoms with Crippen molar-refractivity contribution in [2.75, 3.05) is 38.2 Å². The fraction of sp³-hybridized carbons (Fsp3) is 0.333. The van der Waals surface area contributed by atoms with E-state index in [1.807, 2.05) is 12.1 Å². The Morgan fingerprint density at radius 3 is 2.90 bits per heavy atom. The molecule has 0 spiro atoms. The van der Waals surface area contributed by atoms with Crippen LogP contribution >= 0.6 is 0 Å². The highest BCUT2D eigenvalue weighted by Crippen LogP contribution is 2.41. The lowest BCUT2D eigenvalue weighted by Crippen LogP contribution is -2.56. The summed E-state index contributed by atoms with van der Waals surface area (Å²) in [7, 11) is 2.13. The molecule has 3 heterocycles. The number of piperazine rings is 1. The van der Waals surface area contributed by atoms with Crippen molar-refractivity contribution in [1.82, 2.24) is 15.1 Å². The van der Waals surface area contributed by atoms with E-state index in [2.05, 4.69) is 39.2 Å². The van der Waals surface area contributed by atoms with E-state index in [-0.39, 0.29) is 22.7 Å². The molecule has 2 unspecified atom stereocenters. The Labute approximate surface area is 224 Å². The van der Waals surface area contributed by atoms with Crippen LogP contribution in [0, 0.1) is 23.0 Å². The Kier molecular flexibility index (Phi) is 5.58. The normalized spacial score (nSPS) is 20.6. The molecule has 3 aliphatic rings. The number of aryl methyl sites for hydroxylation is 1. The van der Waals surface area contributed by atoms with Crippen molar-refractivity contribution in [2.24, 2.45) is 5.73 Å². The molecule has 7 rings (SSSR count). The second kappa shape index (κ2) is 9.04. The summed E-state index contributed by atoms with van der Waals surface area (Å²) in [5.74, 6) is -0.516. The van der Waals surface area contributed by atoms with E-state index in [1.54, 1.807) is 12.1 Å². The highest BCUT2D eigenvalue weighted by Gasteiger charge is 2.32. The van der Waals surface area contributed by atoms with E-state index < -0.39 is 11.6 Å². The zero-order valence-electron chi connectivity index (χ0n) is 21.6. The zero-order chi connectivity index (χ0) is 26.8. The molecule has 198 valence electrons. The number of rotatable bonds is 2. The predicted octanol–water partition coefficient (Wildman–Crippen LogP) is 4.38. The summed E-state index contributed by atoms with van der Waals surface area (Å²) >= 11 is 0. The van der Waals surface area contributed by atoms with Gasteiger partial charge >= 0.3 is 0 Å². The van der Waals surface area contributed by atoms with Crippen LogP contribution in [0.3, 0.4) is 0 Å². The van der Waals surface area contributed by atoms with Crippen molar-refractivity contribution in [2.45, 2.75) is 31.3 Å². The van der Waals surface area contributed by atoms with Crippen LogP contribution in [0.1, 0.15) is 23.1 Å². The van der Waals surface area contributed by atoms with Gasteiger partial charge in [-0.15, -0.1) is 0 Å². The minimum Gasteiger partial charge on any atom is -0.489 e. The fourth-order valence-corrected chi connectivity index (χ4v) is 6.36. The van der Waals surface area contributed by atoms with E-state index >= 15 is 8.78 Å². The minimum absolute atomic E-state index is 0.170. The second-order valence-electron chi connectivity index (χ2n) is 10.9. The molecule has 1 aliphatic carbocycles. The fourth-order valence-electron chi connectivity index (χ4n) is 6.36. The zero-order valence-corrected chi connectivity index (χ0v) is 21.6. The maximum absolute atomic E-state index is 15.8. The molecular formula is C30H28F2N6O. The summed E-state index contributed by atoms with van der Waals surface area (Å²) in [6.45, 7) is 3.49. The number of nitrogens with zero attached hydrogens (tertiary/aromatic N) is 4. The molecule has 0 amide bonds. The van der Waals surface area contributed by atoms with Gasteiger partial charge in [-0.25, -0.2) is 8.78 Å². The Bertz CT molecular complexity index is 1670. The van der Waals surface area contributed by atoms with Crippen LogP contribution in [0.15, 0.2) is 36.4 Å². The van der Waals surface area contributed by atoms with Crippen molar-refractivity contribution in [1.29, 1.82) is 5.26 Å². The van der Waals surface area contributed by atoms with Gasteiger partial charge in [0.1, 0.15) is 29.7 Å².